The molecule has 29 heavy (non-hydrogen) atoms. The molecule has 11 heteroatoms. The van der Waals surface area contributed by atoms with Crippen LogP contribution in [0.15, 0.2) is 60.9 Å². The lowest BCUT2D eigenvalue weighted by Crippen LogP contribution is -2.15. The first-order valence-electron chi connectivity index (χ1n) is 8.47. The molecule has 0 saturated carbocycles. The van der Waals surface area contributed by atoms with Crippen molar-refractivity contribution in [2.24, 2.45) is 0 Å². The third-order valence-electron chi connectivity index (χ3n) is 4.10. The number of amides is 1. The first kappa shape index (κ1) is 18.0. The lowest BCUT2D eigenvalue weighted by molar-refractivity contribution is -0.384. The van der Waals surface area contributed by atoms with E-state index in [-0.39, 0.29) is 11.6 Å². The second kappa shape index (κ2) is 7.31. The smallest absolute Gasteiger partial charge is 0.269 e. The molecule has 0 fully saturated rings. The van der Waals surface area contributed by atoms with Gasteiger partial charge >= 0.3 is 0 Å². The molecule has 4 rings (SSSR count). The quantitative estimate of drug-likeness (QED) is 0.408. The van der Waals surface area contributed by atoms with E-state index in [1.54, 1.807) is 49.4 Å². The van der Waals surface area contributed by atoms with Gasteiger partial charge in [0.2, 0.25) is 0 Å². The molecular weight excluding hydrogens is 376 g/mol. The number of hydrogen-bond donors (Lipinski definition) is 1. The van der Waals surface area contributed by atoms with Gasteiger partial charge in [-0.3, -0.25) is 14.9 Å². The molecule has 0 radical (unpaired) electrons. The summed E-state index contributed by atoms with van der Waals surface area (Å²) in [5.74, 6) is 0.0946. The molecule has 0 unspecified atom stereocenters. The number of nitro groups is 1. The maximum atomic E-state index is 12.8. The Morgan fingerprint density at radius 1 is 1.10 bits per heavy atom. The second-order valence-corrected chi connectivity index (χ2v) is 6.12. The highest BCUT2D eigenvalue weighted by molar-refractivity contribution is 6.04. The zero-order valence-electron chi connectivity index (χ0n) is 15.1. The van der Waals surface area contributed by atoms with E-state index in [1.807, 2.05) is 0 Å². The van der Waals surface area contributed by atoms with Crippen molar-refractivity contribution in [1.82, 2.24) is 30.0 Å². The van der Waals surface area contributed by atoms with E-state index in [2.05, 4.69) is 25.9 Å². The summed E-state index contributed by atoms with van der Waals surface area (Å²) in [6.45, 7) is 1.79. The van der Waals surface area contributed by atoms with Gasteiger partial charge in [0.25, 0.3) is 11.6 Å². The van der Waals surface area contributed by atoms with Crippen LogP contribution >= 0.6 is 0 Å². The van der Waals surface area contributed by atoms with Crippen molar-refractivity contribution in [1.29, 1.82) is 0 Å². The van der Waals surface area contributed by atoms with Crippen molar-refractivity contribution in [3.8, 4) is 11.4 Å². The van der Waals surface area contributed by atoms with E-state index in [4.69, 9.17) is 0 Å². The Morgan fingerprint density at radius 3 is 2.59 bits per heavy atom. The fourth-order valence-electron chi connectivity index (χ4n) is 2.76. The summed E-state index contributed by atoms with van der Waals surface area (Å²) in [6, 6.07) is 14.4. The number of hydrogen-bond acceptors (Lipinski definition) is 7. The number of benzene rings is 2. The van der Waals surface area contributed by atoms with Crippen LogP contribution in [0.2, 0.25) is 0 Å². The lowest BCUT2D eigenvalue weighted by atomic mass is 10.2. The number of aryl methyl sites for hydroxylation is 1. The minimum Gasteiger partial charge on any atom is -0.306 e. The predicted octanol–water partition coefficient (Wildman–Crippen LogP) is 2.32. The molecule has 2 aromatic carbocycles. The molecule has 2 aromatic heterocycles. The Morgan fingerprint density at radius 2 is 1.90 bits per heavy atom. The SMILES string of the molecule is Cc1cc(NC(=O)c2cccc(-n3cnnn3)c2)n(-c2ccc([N+](=O)[O-])cc2)n1. The summed E-state index contributed by atoms with van der Waals surface area (Å²) in [5, 5.41) is 29.0. The molecule has 1 N–H and O–H groups in total. The van der Waals surface area contributed by atoms with Gasteiger partial charge in [0.15, 0.2) is 0 Å². The van der Waals surface area contributed by atoms with Crippen molar-refractivity contribution in [3.63, 3.8) is 0 Å². The summed E-state index contributed by atoms with van der Waals surface area (Å²) in [7, 11) is 0. The number of rotatable bonds is 5. The molecule has 1 amide bonds. The average molecular weight is 390 g/mol. The van der Waals surface area contributed by atoms with Crippen molar-refractivity contribution >= 4 is 17.4 Å². The maximum absolute atomic E-state index is 12.8. The van der Waals surface area contributed by atoms with Crippen LogP contribution in [-0.2, 0) is 0 Å². The van der Waals surface area contributed by atoms with E-state index in [9.17, 15) is 14.9 Å². The Labute approximate surface area is 163 Å². The molecule has 2 heterocycles. The molecule has 0 aliphatic rings. The van der Waals surface area contributed by atoms with Crippen LogP contribution in [-0.4, -0.2) is 40.8 Å². The van der Waals surface area contributed by atoms with E-state index >= 15 is 0 Å². The van der Waals surface area contributed by atoms with Crippen molar-refractivity contribution in [2.45, 2.75) is 6.92 Å². The van der Waals surface area contributed by atoms with Gasteiger partial charge in [0.1, 0.15) is 12.1 Å². The van der Waals surface area contributed by atoms with Gasteiger partial charge in [-0.25, -0.2) is 9.36 Å². The van der Waals surface area contributed by atoms with Crippen LogP contribution in [0.4, 0.5) is 11.5 Å². The molecule has 144 valence electrons. The standard InChI is InChI=1S/C18H14N8O3/c1-12-9-17(25(21-12)14-5-7-15(8-6-14)26(28)29)20-18(27)13-3-2-4-16(10-13)24-11-19-22-23-24/h2-11H,1H3,(H,20,27). The topological polar surface area (TPSA) is 134 Å². The normalized spacial score (nSPS) is 10.7. The molecule has 0 saturated heterocycles. The van der Waals surface area contributed by atoms with Crippen LogP contribution in [0.1, 0.15) is 16.1 Å². The summed E-state index contributed by atoms with van der Waals surface area (Å²) < 4.78 is 2.96. The van der Waals surface area contributed by atoms with Crippen LogP contribution in [0.3, 0.4) is 0 Å². The van der Waals surface area contributed by atoms with E-state index in [0.717, 1.165) is 0 Å². The van der Waals surface area contributed by atoms with Crippen LogP contribution in [0.25, 0.3) is 11.4 Å². The van der Waals surface area contributed by atoms with E-state index in [0.29, 0.717) is 28.5 Å². The number of nitro benzene ring substituents is 1. The Bertz CT molecular complexity index is 1180. The van der Waals surface area contributed by atoms with Gasteiger partial charge in [-0.2, -0.15) is 5.10 Å². The molecule has 0 bridgehead atoms. The summed E-state index contributed by atoms with van der Waals surface area (Å²) in [5.41, 5.74) is 2.29. The first-order valence-corrected chi connectivity index (χ1v) is 8.47. The second-order valence-electron chi connectivity index (χ2n) is 6.12. The van der Waals surface area contributed by atoms with E-state index in [1.165, 1.54) is 27.8 Å². The Kier molecular flexibility index (Phi) is 4.53. The van der Waals surface area contributed by atoms with Crippen molar-refractivity contribution in [2.75, 3.05) is 5.32 Å². The van der Waals surface area contributed by atoms with Crippen molar-refractivity contribution < 1.29 is 9.72 Å². The first-order chi connectivity index (χ1) is 14.0. The molecular formula is C18H14N8O3. The molecule has 0 atom stereocenters. The number of tetrazole rings is 1. The fraction of sp³-hybridized carbons (Fsp3) is 0.0556. The predicted molar refractivity (Wildman–Crippen MR) is 102 cm³/mol. The minimum atomic E-state index is -0.474. The lowest BCUT2D eigenvalue weighted by Gasteiger charge is -2.09. The van der Waals surface area contributed by atoms with Crippen LogP contribution in [0.5, 0.6) is 0 Å². The van der Waals surface area contributed by atoms with Gasteiger partial charge in [-0.15, -0.1) is 5.10 Å². The third-order valence-corrected chi connectivity index (χ3v) is 4.10. The molecule has 0 spiro atoms. The molecule has 0 aliphatic carbocycles. The fourth-order valence-corrected chi connectivity index (χ4v) is 2.76. The van der Waals surface area contributed by atoms with Gasteiger partial charge in [-0.1, -0.05) is 6.07 Å². The number of nitrogens with zero attached hydrogens (tertiary/aromatic N) is 7. The van der Waals surface area contributed by atoms with Crippen LogP contribution in [0, 0.1) is 17.0 Å². The summed E-state index contributed by atoms with van der Waals surface area (Å²) in [6.07, 6.45) is 1.43. The van der Waals surface area contributed by atoms with Gasteiger partial charge in [0.05, 0.1) is 22.0 Å². The Balaban J connectivity index is 1.61. The largest absolute Gasteiger partial charge is 0.306 e. The number of nitrogens with one attached hydrogen (secondary N) is 1. The number of aromatic nitrogens is 6. The number of carbonyl (C=O) groups excluding carboxylic acids is 1. The third kappa shape index (κ3) is 3.69. The highest BCUT2D eigenvalue weighted by Crippen LogP contribution is 2.21. The zero-order valence-corrected chi connectivity index (χ0v) is 15.1. The van der Waals surface area contributed by atoms with Crippen molar-refractivity contribution in [3.05, 3.63) is 82.3 Å². The van der Waals surface area contributed by atoms with Gasteiger partial charge in [-0.05, 0) is 47.7 Å². The summed E-state index contributed by atoms with van der Waals surface area (Å²) in [4.78, 5) is 23.1. The molecule has 11 nitrogen and oxygen atoms in total. The highest BCUT2D eigenvalue weighted by Gasteiger charge is 2.14. The average Bonchev–Trinajstić information content (AvgIpc) is 3.38. The number of anilines is 1. The Hall–Kier alpha value is -4.41. The monoisotopic (exact) mass is 390 g/mol. The number of non-ortho nitro benzene ring substituents is 1. The van der Waals surface area contributed by atoms with E-state index < -0.39 is 4.92 Å². The van der Waals surface area contributed by atoms with Crippen LogP contribution < -0.4 is 5.32 Å². The maximum Gasteiger partial charge on any atom is 0.269 e. The zero-order chi connectivity index (χ0) is 20.4. The van der Waals surface area contributed by atoms with Gasteiger partial charge in [0, 0.05) is 23.8 Å². The highest BCUT2D eigenvalue weighted by atomic mass is 16.6. The van der Waals surface area contributed by atoms with Gasteiger partial charge < -0.3 is 5.32 Å². The number of carbonyl (C=O) groups is 1. The molecule has 0 aliphatic heterocycles. The minimum absolute atomic E-state index is 0.0253. The summed E-state index contributed by atoms with van der Waals surface area (Å²) >= 11 is 0. The molecule has 4 aromatic rings.